The third-order valence-corrected chi connectivity index (χ3v) is 8.07. The van der Waals surface area contributed by atoms with Crippen LogP contribution in [0.15, 0.2) is 36.7 Å². The molecule has 2 bridgehead atoms. The molecule has 2 heterocycles. The number of carboxylic acids is 1. The largest absolute Gasteiger partial charge is 0.481 e. The zero-order valence-electron chi connectivity index (χ0n) is 17.5. The monoisotopic (exact) mass is 451 g/mol. The summed E-state index contributed by atoms with van der Waals surface area (Å²) in [6.45, 7) is 0.350. The fourth-order valence-electron chi connectivity index (χ4n) is 5.38. The fraction of sp³-hybridized carbons (Fsp3) is 0.417. The first kappa shape index (κ1) is 20.9. The Labute approximate surface area is 189 Å². The molecule has 4 atom stereocenters. The van der Waals surface area contributed by atoms with Crippen LogP contribution in [-0.2, 0) is 29.0 Å². The lowest BCUT2D eigenvalue weighted by Gasteiger charge is -2.23. The molecule has 0 saturated heterocycles. The number of carbonyl (C=O) groups excluding carboxylic acids is 2. The Morgan fingerprint density at radius 1 is 1.12 bits per heavy atom. The summed E-state index contributed by atoms with van der Waals surface area (Å²) in [5.41, 5.74) is 2.45. The number of nitrogens with zero attached hydrogens (tertiary/aromatic N) is 1. The van der Waals surface area contributed by atoms with Crippen LogP contribution in [0, 0.1) is 23.7 Å². The smallest absolute Gasteiger partial charge is 0.307 e. The summed E-state index contributed by atoms with van der Waals surface area (Å²) < 4.78 is 0. The maximum Gasteiger partial charge on any atom is 0.307 e. The maximum atomic E-state index is 13.2. The number of hydrogen-bond acceptors (Lipinski definition) is 5. The zero-order chi connectivity index (χ0) is 22.2. The molecule has 0 spiro atoms. The normalized spacial score (nSPS) is 25.4. The Bertz CT molecular complexity index is 1090. The second-order valence-corrected chi connectivity index (χ2v) is 9.89. The average molecular weight is 452 g/mol. The van der Waals surface area contributed by atoms with Gasteiger partial charge in [-0.1, -0.05) is 18.2 Å². The highest BCUT2D eigenvalue weighted by molar-refractivity contribution is 7.17. The number of carbonyl (C=O) groups is 3. The van der Waals surface area contributed by atoms with Crippen LogP contribution in [0.4, 0.5) is 5.00 Å². The number of amides is 2. The van der Waals surface area contributed by atoms with Crippen LogP contribution in [-0.4, -0.2) is 27.9 Å². The number of anilines is 1. The van der Waals surface area contributed by atoms with Crippen molar-refractivity contribution in [3.05, 3.63) is 58.2 Å². The summed E-state index contributed by atoms with van der Waals surface area (Å²) in [5, 5.41) is 16.2. The number of carboxylic acid groups (broad SMARTS) is 1. The van der Waals surface area contributed by atoms with E-state index in [1.807, 2.05) is 24.3 Å². The van der Waals surface area contributed by atoms with E-state index in [-0.39, 0.29) is 23.7 Å². The zero-order valence-corrected chi connectivity index (χ0v) is 18.4. The second kappa shape index (κ2) is 8.50. The van der Waals surface area contributed by atoms with E-state index in [4.69, 9.17) is 0 Å². The van der Waals surface area contributed by atoms with Crippen molar-refractivity contribution in [2.24, 2.45) is 23.7 Å². The fourth-order valence-corrected chi connectivity index (χ4v) is 6.67. The van der Waals surface area contributed by atoms with E-state index in [1.54, 1.807) is 12.4 Å². The van der Waals surface area contributed by atoms with E-state index in [2.05, 4.69) is 15.6 Å². The summed E-state index contributed by atoms with van der Waals surface area (Å²) in [5.74, 6) is -2.90. The van der Waals surface area contributed by atoms with Gasteiger partial charge < -0.3 is 15.7 Å². The predicted octanol–water partition coefficient (Wildman–Crippen LogP) is 3.41. The SMILES string of the molecule is O=C(NCc1cccnc1)c1c(NC(=O)[C@H]2[C@@H](C(=O)O)[C@H]3C=C[C@H]2C3)sc2c1CCCC2. The van der Waals surface area contributed by atoms with Crippen LogP contribution >= 0.6 is 11.3 Å². The molecule has 0 unspecified atom stereocenters. The number of aliphatic carboxylic acids is 1. The summed E-state index contributed by atoms with van der Waals surface area (Å²) in [6, 6.07) is 3.72. The van der Waals surface area contributed by atoms with Crippen molar-refractivity contribution in [1.82, 2.24) is 10.3 Å². The van der Waals surface area contributed by atoms with Crippen molar-refractivity contribution in [3.8, 4) is 0 Å². The first-order valence-electron chi connectivity index (χ1n) is 11.1. The summed E-state index contributed by atoms with van der Waals surface area (Å²) >= 11 is 1.46. The average Bonchev–Trinajstić information content (AvgIpc) is 3.50. The lowest BCUT2D eigenvalue weighted by atomic mass is 9.82. The van der Waals surface area contributed by atoms with Crippen LogP contribution in [0.3, 0.4) is 0 Å². The van der Waals surface area contributed by atoms with Gasteiger partial charge in [0.15, 0.2) is 0 Å². The van der Waals surface area contributed by atoms with E-state index < -0.39 is 17.8 Å². The minimum atomic E-state index is -0.929. The molecule has 7 nitrogen and oxygen atoms in total. The molecule has 1 saturated carbocycles. The number of rotatable bonds is 6. The number of hydrogen-bond donors (Lipinski definition) is 3. The third-order valence-electron chi connectivity index (χ3n) is 6.86. The van der Waals surface area contributed by atoms with E-state index in [1.165, 1.54) is 11.3 Å². The highest BCUT2D eigenvalue weighted by Gasteiger charge is 2.51. The molecule has 0 aromatic carbocycles. The van der Waals surface area contributed by atoms with Crippen molar-refractivity contribution in [2.45, 2.75) is 38.6 Å². The van der Waals surface area contributed by atoms with Gasteiger partial charge in [-0.05, 0) is 61.1 Å². The first-order valence-corrected chi connectivity index (χ1v) is 11.9. The van der Waals surface area contributed by atoms with Gasteiger partial charge in [0.2, 0.25) is 5.91 Å². The van der Waals surface area contributed by atoms with Crippen LogP contribution in [0.1, 0.15) is 45.6 Å². The van der Waals surface area contributed by atoms with E-state index in [0.717, 1.165) is 41.7 Å². The lowest BCUT2D eigenvalue weighted by molar-refractivity contribution is -0.146. The molecule has 2 aromatic heterocycles. The first-order chi connectivity index (χ1) is 15.5. The van der Waals surface area contributed by atoms with E-state index in [9.17, 15) is 19.5 Å². The number of thiophene rings is 1. The van der Waals surface area contributed by atoms with Gasteiger partial charge in [-0.3, -0.25) is 19.4 Å². The van der Waals surface area contributed by atoms with Gasteiger partial charge in [-0.25, -0.2) is 0 Å². The number of fused-ring (bicyclic) bond motifs is 3. The van der Waals surface area contributed by atoms with Crippen molar-refractivity contribution < 1.29 is 19.5 Å². The van der Waals surface area contributed by atoms with Gasteiger partial charge in [-0.2, -0.15) is 0 Å². The maximum absolute atomic E-state index is 13.2. The molecule has 0 radical (unpaired) electrons. The second-order valence-electron chi connectivity index (χ2n) is 8.79. The number of pyridine rings is 1. The number of aryl methyl sites for hydroxylation is 1. The summed E-state index contributed by atoms with van der Waals surface area (Å²) in [6.07, 6.45) is 11.8. The Morgan fingerprint density at radius 2 is 1.91 bits per heavy atom. The molecule has 0 aliphatic heterocycles. The molecule has 2 amide bonds. The van der Waals surface area contributed by atoms with Crippen LogP contribution in [0.5, 0.6) is 0 Å². The molecule has 2 aromatic rings. The van der Waals surface area contributed by atoms with Gasteiger partial charge in [0.25, 0.3) is 5.91 Å². The van der Waals surface area contributed by atoms with E-state index >= 15 is 0 Å². The quantitative estimate of drug-likeness (QED) is 0.583. The Balaban J connectivity index is 1.39. The minimum Gasteiger partial charge on any atom is -0.481 e. The van der Waals surface area contributed by atoms with Gasteiger partial charge in [0.05, 0.1) is 17.4 Å². The summed E-state index contributed by atoms with van der Waals surface area (Å²) in [7, 11) is 0. The standard InChI is InChI=1S/C24H25N3O4S/c28-21(26-12-13-4-3-9-25-11-13)20-16-5-1-2-6-17(16)32-23(20)27-22(29)18-14-7-8-15(10-14)19(18)24(30)31/h3-4,7-9,11,14-15,18-19H,1-2,5-6,10,12H2,(H,26,28)(H,27,29)(H,30,31)/t14-,15-,18+,19-/m0/s1. The molecule has 3 aliphatic carbocycles. The van der Waals surface area contributed by atoms with E-state index in [0.29, 0.717) is 23.5 Å². The number of nitrogens with one attached hydrogen (secondary N) is 2. The molecule has 166 valence electrons. The number of allylic oxidation sites excluding steroid dienone is 2. The van der Waals surface area contributed by atoms with Gasteiger partial charge in [0.1, 0.15) is 5.00 Å². The van der Waals surface area contributed by atoms with Crippen molar-refractivity contribution in [1.29, 1.82) is 0 Å². The van der Waals surface area contributed by atoms with Gasteiger partial charge in [-0.15, -0.1) is 11.3 Å². The van der Waals surface area contributed by atoms with Crippen molar-refractivity contribution in [3.63, 3.8) is 0 Å². The molecule has 8 heteroatoms. The molecular weight excluding hydrogens is 426 g/mol. The Hall–Kier alpha value is -3.00. The highest BCUT2D eigenvalue weighted by atomic mass is 32.1. The van der Waals surface area contributed by atoms with Crippen molar-refractivity contribution >= 4 is 34.1 Å². The molecule has 5 rings (SSSR count). The molecule has 1 fully saturated rings. The number of aromatic nitrogens is 1. The third kappa shape index (κ3) is 3.72. The lowest BCUT2D eigenvalue weighted by Crippen LogP contribution is -2.36. The van der Waals surface area contributed by atoms with Gasteiger partial charge >= 0.3 is 5.97 Å². The minimum absolute atomic E-state index is 0.0569. The summed E-state index contributed by atoms with van der Waals surface area (Å²) in [4.78, 5) is 43.5. The molecule has 3 aliphatic rings. The van der Waals surface area contributed by atoms with Crippen LogP contribution < -0.4 is 10.6 Å². The molecule has 32 heavy (non-hydrogen) atoms. The van der Waals surface area contributed by atoms with Crippen LogP contribution in [0.25, 0.3) is 0 Å². The Morgan fingerprint density at radius 3 is 2.66 bits per heavy atom. The highest BCUT2D eigenvalue weighted by Crippen LogP contribution is 2.49. The molecule has 3 N–H and O–H groups in total. The van der Waals surface area contributed by atoms with Crippen LogP contribution in [0.2, 0.25) is 0 Å². The topological polar surface area (TPSA) is 108 Å². The Kier molecular flexibility index (Phi) is 5.55. The van der Waals surface area contributed by atoms with Crippen molar-refractivity contribution in [2.75, 3.05) is 5.32 Å². The molecular formula is C24H25N3O4S. The predicted molar refractivity (Wildman–Crippen MR) is 120 cm³/mol. The van der Waals surface area contributed by atoms with Gasteiger partial charge in [0, 0.05) is 23.8 Å².